The van der Waals surface area contributed by atoms with Crippen LogP contribution < -0.4 is 10.6 Å². The Morgan fingerprint density at radius 3 is 2.82 bits per heavy atom. The zero-order valence-electron chi connectivity index (χ0n) is 9.56. The fourth-order valence-electron chi connectivity index (χ4n) is 1.38. The van der Waals surface area contributed by atoms with Crippen molar-refractivity contribution in [1.82, 2.24) is 4.98 Å². The number of aromatic nitrogens is 1. The van der Waals surface area contributed by atoms with Gasteiger partial charge in [-0.25, -0.2) is 4.98 Å². The molecule has 5 nitrogen and oxygen atoms in total. The molecule has 17 heavy (non-hydrogen) atoms. The third kappa shape index (κ3) is 3.64. The molecule has 1 atom stereocenters. The summed E-state index contributed by atoms with van der Waals surface area (Å²) in [5.74, 6) is 0.661. The maximum Gasteiger partial charge on any atom is 0.147 e. The minimum absolute atomic E-state index is 0.112. The molecule has 0 fully saturated rings. The van der Waals surface area contributed by atoms with E-state index in [1.807, 2.05) is 18.9 Å². The van der Waals surface area contributed by atoms with Gasteiger partial charge in [0.25, 0.3) is 0 Å². The zero-order valence-corrected chi connectivity index (χ0v) is 11.1. The van der Waals surface area contributed by atoms with E-state index < -0.39 is 0 Å². The van der Waals surface area contributed by atoms with E-state index in [1.165, 1.54) is 6.20 Å². The van der Waals surface area contributed by atoms with Crippen molar-refractivity contribution < 1.29 is 5.21 Å². The molecule has 94 valence electrons. The summed E-state index contributed by atoms with van der Waals surface area (Å²) < 4.78 is 0. The molecule has 0 spiro atoms. The quantitative estimate of drug-likeness (QED) is 0.383. The molecule has 1 rings (SSSR count). The van der Waals surface area contributed by atoms with Gasteiger partial charge in [0.05, 0.1) is 10.0 Å². The third-order valence-electron chi connectivity index (χ3n) is 2.32. The highest BCUT2D eigenvalue weighted by atomic mass is 35.5. The predicted octanol–water partition coefficient (Wildman–Crippen LogP) is 2.21. The lowest BCUT2D eigenvalue weighted by atomic mass is 10.1. The second kappa shape index (κ2) is 5.93. The van der Waals surface area contributed by atoms with Crippen LogP contribution in [-0.2, 0) is 0 Å². The van der Waals surface area contributed by atoms with Gasteiger partial charge in [-0.1, -0.05) is 35.3 Å². The van der Waals surface area contributed by atoms with Crippen LogP contribution in [0.2, 0.25) is 10.0 Å². The molecule has 0 aliphatic heterocycles. The second-order valence-corrected chi connectivity index (χ2v) is 4.61. The average Bonchev–Trinajstić information content (AvgIpc) is 2.27. The molecule has 3 N–H and O–H groups in total. The van der Waals surface area contributed by atoms with Gasteiger partial charge < -0.3 is 15.8 Å². The summed E-state index contributed by atoms with van der Waals surface area (Å²) in [4.78, 5) is 5.96. The lowest BCUT2D eigenvalue weighted by Crippen LogP contribution is -2.33. The summed E-state index contributed by atoms with van der Waals surface area (Å²) in [5.41, 5.74) is 5.50. The minimum atomic E-state index is -0.112. The van der Waals surface area contributed by atoms with Crippen LogP contribution in [0.1, 0.15) is 6.92 Å². The van der Waals surface area contributed by atoms with E-state index in [9.17, 15) is 0 Å². The number of nitrogens with two attached hydrogens (primary N) is 1. The van der Waals surface area contributed by atoms with Gasteiger partial charge in [-0.05, 0) is 6.07 Å². The number of nitrogens with zero attached hydrogens (tertiary/aromatic N) is 3. The summed E-state index contributed by atoms with van der Waals surface area (Å²) in [6.07, 6.45) is 1.52. The Kier molecular flexibility index (Phi) is 4.84. The van der Waals surface area contributed by atoms with Crippen LogP contribution >= 0.6 is 23.2 Å². The molecule has 1 aromatic rings. The van der Waals surface area contributed by atoms with E-state index in [-0.39, 0.29) is 11.8 Å². The van der Waals surface area contributed by atoms with Crippen LogP contribution in [0.25, 0.3) is 0 Å². The number of hydrogen-bond donors (Lipinski definition) is 2. The number of oxime groups is 1. The number of amidine groups is 1. The molecule has 0 saturated carbocycles. The normalized spacial score (nSPS) is 13.5. The van der Waals surface area contributed by atoms with Crippen molar-refractivity contribution >= 4 is 34.9 Å². The first-order valence-corrected chi connectivity index (χ1v) is 5.71. The number of pyridine rings is 1. The fraction of sp³-hybridized carbons (Fsp3) is 0.400. The van der Waals surface area contributed by atoms with Crippen molar-refractivity contribution in [1.29, 1.82) is 0 Å². The molecule has 1 aromatic heterocycles. The molecule has 0 amide bonds. The van der Waals surface area contributed by atoms with Crippen molar-refractivity contribution in [2.24, 2.45) is 16.8 Å². The Balaban J connectivity index is 2.79. The average molecular weight is 277 g/mol. The molecule has 0 bridgehead atoms. The molecule has 7 heteroatoms. The Morgan fingerprint density at radius 1 is 1.65 bits per heavy atom. The zero-order chi connectivity index (χ0) is 13.0. The minimum Gasteiger partial charge on any atom is -0.409 e. The van der Waals surface area contributed by atoms with Gasteiger partial charge in [0.1, 0.15) is 11.7 Å². The van der Waals surface area contributed by atoms with Crippen LogP contribution in [0.3, 0.4) is 0 Å². The van der Waals surface area contributed by atoms with Crippen molar-refractivity contribution in [2.75, 3.05) is 18.5 Å². The highest BCUT2D eigenvalue weighted by Crippen LogP contribution is 2.25. The standard InChI is InChI=1S/C10H14Cl2N4O/c1-6(9(13)15-17)5-16(2)10-8(12)3-7(11)4-14-10/h3-4,6,17H,5H2,1-2H3,(H2,13,15). The van der Waals surface area contributed by atoms with E-state index in [0.29, 0.717) is 22.4 Å². The Bertz CT molecular complexity index is 425. The monoisotopic (exact) mass is 276 g/mol. The van der Waals surface area contributed by atoms with Crippen LogP contribution in [-0.4, -0.2) is 29.6 Å². The molecule has 0 aromatic carbocycles. The number of halogens is 2. The van der Waals surface area contributed by atoms with Gasteiger partial charge in [0.2, 0.25) is 0 Å². The fourth-order valence-corrected chi connectivity index (χ4v) is 1.90. The Morgan fingerprint density at radius 2 is 2.29 bits per heavy atom. The van der Waals surface area contributed by atoms with E-state index >= 15 is 0 Å². The summed E-state index contributed by atoms with van der Waals surface area (Å²) >= 11 is 11.8. The summed E-state index contributed by atoms with van der Waals surface area (Å²) in [6.45, 7) is 2.37. The summed E-state index contributed by atoms with van der Waals surface area (Å²) in [5, 5.41) is 12.5. The second-order valence-electron chi connectivity index (χ2n) is 3.77. The molecule has 0 radical (unpaired) electrons. The number of hydrogen-bond acceptors (Lipinski definition) is 4. The van der Waals surface area contributed by atoms with Crippen LogP contribution in [0, 0.1) is 5.92 Å². The number of anilines is 1. The van der Waals surface area contributed by atoms with Gasteiger partial charge in [-0.15, -0.1) is 0 Å². The van der Waals surface area contributed by atoms with Crippen LogP contribution in [0.5, 0.6) is 0 Å². The lowest BCUT2D eigenvalue weighted by molar-refractivity contribution is 0.314. The first kappa shape index (κ1) is 13.9. The smallest absolute Gasteiger partial charge is 0.147 e. The SMILES string of the molecule is CC(CN(C)c1ncc(Cl)cc1Cl)/C(N)=N/O. The molecule has 0 aliphatic rings. The van der Waals surface area contributed by atoms with E-state index in [1.54, 1.807) is 6.07 Å². The van der Waals surface area contributed by atoms with Crippen molar-refractivity contribution in [2.45, 2.75) is 6.92 Å². The predicted molar refractivity (Wildman–Crippen MR) is 70.1 cm³/mol. The van der Waals surface area contributed by atoms with Crippen molar-refractivity contribution in [3.05, 3.63) is 22.3 Å². The maximum absolute atomic E-state index is 8.56. The van der Waals surface area contributed by atoms with E-state index in [0.717, 1.165) is 0 Å². The van der Waals surface area contributed by atoms with Crippen LogP contribution in [0.4, 0.5) is 5.82 Å². The van der Waals surface area contributed by atoms with E-state index in [4.69, 9.17) is 34.1 Å². The van der Waals surface area contributed by atoms with Gasteiger partial charge in [-0.3, -0.25) is 0 Å². The maximum atomic E-state index is 8.56. The van der Waals surface area contributed by atoms with Crippen LogP contribution in [0.15, 0.2) is 17.4 Å². The molecular weight excluding hydrogens is 263 g/mol. The van der Waals surface area contributed by atoms with Crippen molar-refractivity contribution in [3.63, 3.8) is 0 Å². The lowest BCUT2D eigenvalue weighted by Gasteiger charge is -2.22. The molecule has 0 aliphatic carbocycles. The Hall–Kier alpha value is -1.20. The van der Waals surface area contributed by atoms with E-state index in [2.05, 4.69) is 10.1 Å². The topological polar surface area (TPSA) is 74.7 Å². The van der Waals surface area contributed by atoms with Crippen molar-refractivity contribution in [3.8, 4) is 0 Å². The largest absolute Gasteiger partial charge is 0.409 e. The molecule has 0 saturated heterocycles. The number of rotatable bonds is 4. The summed E-state index contributed by atoms with van der Waals surface area (Å²) in [7, 11) is 1.82. The van der Waals surface area contributed by atoms with Gasteiger partial charge in [-0.2, -0.15) is 0 Å². The highest BCUT2D eigenvalue weighted by molar-refractivity contribution is 6.36. The highest BCUT2D eigenvalue weighted by Gasteiger charge is 2.14. The van der Waals surface area contributed by atoms with Gasteiger partial charge in [0, 0.05) is 25.7 Å². The molecule has 1 heterocycles. The first-order valence-electron chi connectivity index (χ1n) is 4.95. The Labute approximate surface area is 110 Å². The third-order valence-corrected chi connectivity index (χ3v) is 2.80. The molecule has 1 unspecified atom stereocenters. The van der Waals surface area contributed by atoms with Gasteiger partial charge >= 0.3 is 0 Å². The molecular formula is C10H14Cl2N4O. The van der Waals surface area contributed by atoms with Gasteiger partial charge in [0.15, 0.2) is 0 Å². The first-order chi connectivity index (χ1) is 7.95. The summed E-state index contributed by atoms with van der Waals surface area (Å²) in [6, 6.07) is 1.62.